The van der Waals surface area contributed by atoms with E-state index in [1.807, 2.05) is 6.92 Å². The Hall–Kier alpha value is -3.57. The lowest BCUT2D eigenvalue weighted by Crippen LogP contribution is -2.13. The number of carbonyl (C=O) groups is 1. The molecule has 0 unspecified atom stereocenters. The number of anilines is 1. The zero-order valence-electron chi connectivity index (χ0n) is 17.3. The Morgan fingerprint density at radius 2 is 2.00 bits per heavy atom. The summed E-state index contributed by atoms with van der Waals surface area (Å²) in [6.07, 6.45) is 2.70. The molecule has 0 aliphatic carbocycles. The lowest BCUT2D eigenvalue weighted by atomic mass is 10.1. The maximum atomic E-state index is 13.3. The van der Waals surface area contributed by atoms with Gasteiger partial charge in [-0.05, 0) is 43.3 Å². The monoisotopic (exact) mass is 467 g/mol. The predicted octanol–water partition coefficient (Wildman–Crippen LogP) is 3.80. The van der Waals surface area contributed by atoms with Crippen molar-refractivity contribution in [1.82, 2.24) is 19.7 Å². The molecule has 162 valence electrons. The Balaban J connectivity index is 1.58. The van der Waals surface area contributed by atoms with Gasteiger partial charge in [0.25, 0.3) is 5.91 Å². The fraction of sp³-hybridized carbons (Fsp3) is 0.143. The molecule has 0 bridgehead atoms. The van der Waals surface area contributed by atoms with Crippen LogP contribution in [0.15, 0.2) is 52.0 Å². The lowest BCUT2D eigenvalue weighted by Gasteiger charge is -2.06. The first-order valence-electron chi connectivity index (χ1n) is 9.51. The van der Waals surface area contributed by atoms with Crippen molar-refractivity contribution in [2.75, 3.05) is 11.6 Å². The molecule has 0 saturated heterocycles. The Kier molecular flexibility index (Phi) is 4.60. The molecule has 32 heavy (non-hydrogen) atoms. The molecular formula is C21H17N5O4S2. The van der Waals surface area contributed by atoms with E-state index in [1.54, 1.807) is 48.3 Å². The van der Waals surface area contributed by atoms with Crippen LogP contribution in [0.5, 0.6) is 0 Å². The van der Waals surface area contributed by atoms with Gasteiger partial charge in [0, 0.05) is 13.3 Å². The minimum absolute atomic E-state index is 0.205. The van der Waals surface area contributed by atoms with Crippen molar-refractivity contribution in [2.45, 2.75) is 11.8 Å². The summed E-state index contributed by atoms with van der Waals surface area (Å²) in [7, 11) is -1.57. The van der Waals surface area contributed by atoms with Gasteiger partial charge in [-0.15, -0.1) is 0 Å². The number of amides is 1. The molecule has 5 rings (SSSR count). The van der Waals surface area contributed by atoms with Crippen LogP contribution in [0.1, 0.15) is 16.1 Å². The number of fused-ring (bicyclic) bond motifs is 2. The van der Waals surface area contributed by atoms with Crippen LogP contribution >= 0.6 is 11.3 Å². The first kappa shape index (κ1) is 20.3. The van der Waals surface area contributed by atoms with E-state index in [9.17, 15) is 13.2 Å². The average molecular weight is 468 g/mol. The highest BCUT2D eigenvalue weighted by molar-refractivity contribution is 7.90. The number of aryl methyl sites for hydroxylation is 2. The average Bonchev–Trinajstić information content (AvgIpc) is 3.46. The van der Waals surface area contributed by atoms with Crippen molar-refractivity contribution in [2.24, 2.45) is 7.05 Å². The molecule has 0 fully saturated rings. The van der Waals surface area contributed by atoms with Crippen LogP contribution in [0.3, 0.4) is 0 Å². The second kappa shape index (κ2) is 7.24. The summed E-state index contributed by atoms with van der Waals surface area (Å²) in [5.74, 6) is 0.164. The summed E-state index contributed by atoms with van der Waals surface area (Å²) in [6.45, 7) is 1.82. The quantitative estimate of drug-likeness (QED) is 0.427. The topological polar surface area (TPSA) is 120 Å². The standard InChI is InChI=1S/C21H17N5O4S2/c1-11-18-13(10-15(16-5-4-8-30-16)22-19(18)26(2)25-11)20(27)24-21-23-14-7-6-12(32(3,28)29)9-17(14)31-21/h4-10H,1-3H3,(H,23,24,27). The number of rotatable bonds is 4. The SMILES string of the molecule is Cc1nn(C)c2nc(-c3ccco3)cc(C(=O)Nc3nc4ccc(S(C)(=O)=O)cc4s3)c12. The Bertz CT molecular complexity index is 1620. The summed E-state index contributed by atoms with van der Waals surface area (Å²) in [5.41, 5.74) is 2.74. The number of hydrogen-bond donors (Lipinski definition) is 1. The highest BCUT2D eigenvalue weighted by Crippen LogP contribution is 2.31. The molecule has 4 heterocycles. The number of sulfone groups is 1. The predicted molar refractivity (Wildman–Crippen MR) is 122 cm³/mol. The smallest absolute Gasteiger partial charge is 0.258 e. The van der Waals surface area contributed by atoms with E-state index in [0.717, 1.165) is 6.26 Å². The molecule has 0 spiro atoms. The van der Waals surface area contributed by atoms with Crippen molar-refractivity contribution < 1.29 is 17.6 Å². The van der Waals surface area contributed by atoms with Crippen LogP contribution in [0.4, 0.5) is 5.13 Å². The molecule has 1 amide bonds. The van der Waals surface area contributed by atoms with E-state index in [0.29, 0.717) is 49.1 Å². The number of carbonyl (C=O) groups excluding carboxylic acids is 1. The molecule has 0 radical (unpaired) electrons. The third kappa shape index (κ3) is 3.45. The molecule has 9 nitrogen and oxygen atoms in total. The van der Waals surface area contributed by atoms with Crippen molar-refractivity contribution in [3.63, 3.8) is 0 Å². The van der Waals surface area contributed by atoms with Gasteiger partial charge in [0.15, 0.2) is 26.4 Å². The van der Waals surface area contributed by atoms with Gasteiger partial charge in [0.2, 0.25) is 0 Å². The van der Waals surface area contributed by atoms with Crippen molar-refractivity contribution in [3.8, 4) is 11.5 Å². The molecule has 5 aromatic rings. The molecule has 0 aliphatic rings. The van der Waals surface area contributed by atoms with Crippen molar-refractivity contribution in [1.29, 1.82) is 0 Å². The van der Waals surface area contributed by atoms with Gasteiger partial charge in [-0.2, -0.15) is 5.10 Å². The molecule has 4 aromatic heterocycles. The molecule has 1 N–H and O–H groups in total. The minimum Gasteiger partial charge on any atom is -0.463 e. The van der Waals surface area contributed by atoms with Crippen LogP contribution in [-0.2, 0) is 16.9 Å². The number of hydrogen-bond acceptors (Lipinski definition) is 8. The Labute approximate surface area is 186 Å². The number of thiazole rings is 1. The summed E-state index contributed by atoms with van der Waals surface area (Å²) in [5, 5.41) is 8.24. The van der Waals surface area contributed by atoms with E-state index < -0.39 is 9.84 Å². The van der Waals surface area contributed by atoms with Crippen LogP contribution < -0.4 is 5.32 Å². The Morgan fingerprint density at radius 1 is 1.19 bits per heavy atom. The fourth-order valence-electron chi connectivity index (χ4n) is 3.53. The summed E-state index contributed by atoms with van der Waals surface area (Å²) >= 11 is 1.20. The number of aromatic nitrogens is 4. The summed E-state index contributed by atoms with van der Waals surface area (Å²) in [6, 6.07) is 9.88. The fourth-order valence-corrected chi connectivity index (χ4v) is 5.15. The van der Waals surface area contributed by atoms with Gasteiger partial charge in [0.05, 0.1) is 38.0 Å². The van der Waals surface area contributed by atoms with Crippen molar-refractivity contribution >= 4 is 53.5 Å². The van der Waals surface area contributed by atoms with Gasteiger partial charge in [-0.1, -0.05) is 11.3 Å². The van der Waals surface area contributed by atoms with Crippen LogP contribution in [0.25, 0.3) is 32.7 Å². The zero-order valence-corrected chi connectivity index (χ0v) is 18.9. The van der Waals surface area contributed by atoms with E-state index in [1.165, 1.54) is 17.4 Å². The molecule has 0 atom stereocenters. The molecule has 11 heteroatoms. The van der Waals surface area contributed by atoms with Gasteiger partial charge in [-0.3, -0.25) is 14.8 Å². The van der Waals surface area contributed by atoms with E-state index in [2.05, 4.69) is 20.4 Å². The van der Waals surface area contributed by atoms with E-state index >= 15 is 0 Å². The van der Waals surface area contributed by atoms with Gasteiger partial charge in [0.1, 0.15) is 5.69 Å². The zero-order chi connectivity index (χ0) is 22.6. The minimum atomic E-state index is -3.34. The van der Waals surface area contributed by atoms with Gasteiger partial charge >= 0.3 is 0 Å². The van der Waals surface area contributed by atoms with E-state index in [-0.39, 0.29) is 10.8 Å². The van der Waals surface area contributed by atoms with E-state index in [4.69, 9.17) is 4.42 Å². The third-order valence-electron chi connectivity index (χ3n) is 5.00. The Morgan fingerprint density at radius 3 is 2.72 bits per heavy atom. The number of nitrogens with one attached hydrogen (secondary N) is 1. The first-order valence-corrected chi connectivity index (χ1v) is 12.2. The van der Waals surface area contributed by atoms with Crippen LogP contribution in [0, 0.1) is 6.92 Å². The second-order valence-electron chi connectivity index (χ2n) is 7.31. The molecule has 0 saturated carbocycles. The normalized spacial score (nSPS) is 12.0. The van der Waals surface area contributed by atoms with Gasteiger partial charge < -0.3 is 4.42 Å². The maximum Gasteiger partial charge on any atom is 0.258 e. The molecule has 1 aromatic carbocycles. The molecule has 0 aliphatic heterocycles. The largest absolute Gasteiger partial charge is 0.463 e. The molecular weight excluding hydrogens is 450 g/mol. The first-order chi connectivity index (χ1) is 15.2. The third-order valence-corrected chi connectivity index (χ3v) is 7.04. The number of nitrogens with zero attached hydrogens (tertiary/aromatic N) is 4. The summed E-state index contributed by atoms with van der Waals surface area (Å²) < 4.78 is 31.4. The highest BCUT2D eigenvalue weighted by Gasteiger charge is 2.21. The van der Waals surface area contributed by atoms with Crippen LogP contribution in [-0.4, -0.2) is 40.3 Å². The highest BCUT2D eigenvalue weighted by atomic mass is 32.2. The second-order valence-corrected chi connectivity index (χ2v) is 10.4. The van der Waals surface area contributed by atoms with Crippen LogP contribution in [0.2, 0.25) is 0 Å². The summed E-state index contributed by atoms with van der Waals surface area (Å²) in [4.78, 5) is 22.5. The lowest BCUT2D eigenvalue weighted by molar-refractivity contribution is 0.102. The van der Waals surface area contributed by atoms with Gasteiger partial charge in [-0.25, -0.2) is 18.4 Å². The number of furan rings is 1. The van der Waals surface area contributed by atoms with Crippen molar-refractivity contribution in [3.05, 3.63) is 53.9 Å². The number of benzene rings is 1. The number of pyridine rings is 1. The maximum absolute atomic E-state index is 13.3.